The molecule has 1 aliphatic rings. The summed E-state index contributed by atoms with van der Waals surface area (Å²) in [6, 6.07) is 0. The van der Waals surface area contributed by atoms with Crippen molar-refractivity contribution in [2.45, 2.75) is 19.2 Å². The first-order valence-electron chi connectivity index (χ1n) is 4.33. The number of allylic oxidation sites excluding steroid dienone is 2. The fraction of sp³-hybridized carbons (Fsp3) is 0.400. The van der Waals surface area contributed by atoms with Crippen LogP contribution in [0.5, 0.6) is 0 Å². The number of ether oxygens (including phenoxy) is 1. The molecule has 1 rings (SSSR count). The van der Waals surface area contributed by atoms with E-state index in [1.165, 1.54) is 18.1 Å². The maximum atomic E-state index is 12.4. The highest BCUT2D eigenvalue weighted by molar-refractivity contribution is 5.66. The Morgan fingerprint density at radius 2 is 2.20 bits per heavy atom. The molecular weight excluding hydrogens is 209 g/mol. The van der Waals surface area contributed by atoms with Gasteiger partial charge in [-0.25, -0.2) is 4.79 Å². The third kappa shape index (κ3) is 2.58. The van der Waals surface area contributed by atoms with Crippen LogP contribution < -0.4 is 0 Å². The van der Waals surface area contributed by atoms with Gasteiger partial charge in [0, 0.05) is 6.61 Å². The second-order valence-electron chi connectivity index (χ2n) is 2.85. The van der Waals surface area contributed by atoms with Gasteiger partial charge in [0.15, 0.2) is 0 Å². The molecule has 0 radical (unpaired) electrons. The maximum Gasteiger partial charge on any atom is 0.417 e. The van der Waals surface area contributed by atoms with Crippen LogP contribution in [0.2, 0.25) is 0 Å². The molecular formula is C10H9F3O2. The first kappa shape index (κ1) is 11.8. The van der Waals surface area contributed by atoms with Crippen molar-refractivity contribution in [1.82, 2.24) is 0 Å². The Morgan fingerprint density at radius 3 is 2.67 bits per heavy atom. The number of halogens is 3. The van der Waals surface area contributed by atoms with Gasteiger partial charge in [0.2, 0.25) is 0 Å². The molecule has 1 aliphatic carbocycles. The van der Waals surface area contributed by atoms with Crippen molar-refractivity contribution in [3.8, 4) is 0 Å². The van der Waals surface area contributed by atoms with Crippen molar-refractivity contribution in [3.05, 3.63) is 29.4 Å². The highest BCUT2D eigenvalue weighted by Crippen LogP contribution is 2.34. The van der Waals surface area contributed by atoms with Crippen LogP contribution in [0.25, 0.3) is 0 Å². The highest BCUT2D eigenvalue weighted by atomic mass is 19.4. The fourth-order valence-electron chi connectivity index (χ4n) is 1.27. The second-order valence-corrected chi connectivity index (χ2v) is 2.85. The molecule has 0 amide bonds. The first-order chi connectivity index (χ1) is 7.00. The summed E-state index contributed by atoms with van der Waals surface area (Å²) in [6.45, 7) is 1.87. The van der Waals surface area contributed by atoms with Gasteiger partial charge in [0.25, 0.3) is 0 Å². The Balaban J connectivity index is 3.05. The number of hydrogen-bond donors (Lipinski definition) is 0. The van der Waals surface area contributed by atoms with E-state index in [1.54, 1.807) is 6.92 Å². The average Bonchev–Trinajstić information content (AvgIpc) is 2.16. The fourth-order valence-corrected chi connectivity index (χ4v) is 1.27. The third-order valence-corrected chi connectivity index (χ3v) is 1.89. The maximum absolute atomic E-state index is 12.4. The summed E-state index contributed by atoms with van der Waals surface area (Å²) < 4.78 is 42.3. The van der Waals surface area contributed by atoms with Gasteiger partial charge in [-0.05, 0) is 13.0 Å². The lowest BCUT2D eigenvalue weighted by molar-refractivity contribution is -0.0911. The second kappa shape index (κ2) is 4.47. The molecule has 0 bridgehead atoms. The van der Waals surface area contributed by atoms with E-state index in [9.17, 15) is 18.0 Å². The first-order valence-corrected chi connectivity index (χ1v) is 4.33. The van der Waals surface area contributed by atoms with Crippen LogP contribution in [-0.4, -0.2) is 24.8 Å². The van der Waals surface area contributed by atoms with Gasteiger partial charge in [-0.15, -0.1) is 0 Å². The smallest absolute Gasteiger partial charge is 0.369 e. The van der Waals surface area contributed by atoms with E-state index < -0.39 is 23.4 Å². The SMILES string of the molecule is CCOC1C=CC=C(C(F)(F)F)C1=C=O. The molecule has 0 aliphatic heterocycles. The third-order valence-electron chi connectivity index (χ3n) is 1.89. The minimum atomic E-state index is -4.55. The molecule has 82 valence electrons. The number of hydrogen-bond acceptors (Lipinski definition) is 2. The lowest BCUT2D eigenvalue weighted by Gasteiger charge is -2.21. The van der Waals surface area contributed by atoms with Crippen LogP contribution in [0.15, 0.2) is 29.4 Å². The molecule has 0 N–H and O–H groups in total. The Labute approximate surface area is 84.7 Å². The summed E-state index contributed by atoms with van der Waals surface area (Å²) >= 11 is 0. The molecule has 0 saturated heterocycles. The largest absolute Gasteiger partial charge is 0.417 e. The zero-order valence-corrected chi connectivity index (χ0v) is 7.97. The van der Waals surface area contributed by atoms with Crippen molar-refractivity contribution < 1.29 is 22.7 Å². The summed E-state index contributed by atoms with van der Waals surface area (Å²) in [5.41, 5.74) is -1.48. The van der Waals surface area contributed by atoms with Crippen LogP contribution in [0.4, 0.5) is 13.2 Å². The van der Waals surface area contributed by atoms with Crippen molar-refractivity contribution in [1.29, 1.82) is 0 Å². The molecule has 0 aromatic carbocycles. The standard InChI is InChI=1S/C10H9F3O2/c1-2-15-9-5-3-4-8(7(9)6-14)10(11,12)13/h3-5,9H,2H2,1H3. The number of rotatable bonds is 2. The molecule has 1 atom stereocenters. The molecule has 15 heavy (non-hydrogen) atoms. The molecule has 0 fully saturated rings. The summed E-state index contributed by atoms with van der Waals surface area (Å²) in [6.07, 6.45) is -2.04. The Bertz CT molecular complexity index is 346. The van der Waals surface area contributed by atoms with E-state index in [4.69, 9.17) is 4.74 Å². The van der Waals surface area contributed by atoms with Gasteiger partial charge in [0.05, 0.1) is 11.1 Å². The van der Waals surface area contributed by atoms with E-state index in [0.717, 1.165) is 6.08 Å². The lowest BCUT2D eigenvalue weighted by atomic mass is 9.96. The van der Waals surface area contributed by atoms with E-state index in [2.05, 4.69) is 0 Å². The molecule has 0 aromatic rings. The van der Waals surface area contributed by atoms with E-state index in [1.807, 2.05) is 0 Å². The van der Waals surface area contributed by atoms with Crippen LogP contribution in [0.1, 0.15) is 6.92 Å². The van der Waals surface area contributed by atoms with E-state index in [-0.39, 0.29) is 6.61 Å². The summed E-state index contributed by atoms with van der Waals surface area (Å²) in [4.78, 5) is 10.5. The van der Waals surface area contributed by atoms with Crippen LogP contribution in [0, 0.1) is 0 Å². The van der Waals surface area contributed by atoms with E-state index in [0.29, 0.717) is 0 Å². The van der Waals surface area contributed by atoms with Crippen LogP contribution in [-0.2, 0) is 9.53 Å². The quantitative estimate of drug-likeness (QED) is 0.664. The number of alkyl halides is 3. The summed E-state index contributed by atoms with van der Waals surface area (Å²) in [7, 11) is 0. The predicted molar refractivity (Wildman–Crippen MR) is 47.9 cm³/mol. The van der Waals surface area contributed by atoms with Gasteiger partial charge >= 0.3 is 6.18 Å². The van der Waals surface area contributed by atoms with Crippen LogP contribution in [0.3, 0.4) is 0 Å². The van der Waals surface area contributed by atoms with Gasteiger partial charge in [0.1, 0.15) is 12.0 Å². The Kier molecular flexibility index (Phi) is 3.50. The monoisotopic (exact) mass is 218 g/mol. The van der Waals surface area contributed by atoms with Crippen molar-refractivity contribution in [2.75, 3.05) is 6.61 Å². The lowest BCUT2D eigenvalue weighted by Crippen LogP contribution is -2.25. The van der Waals surface area contributed by atoms with Gasteiger partial charge < -0.3 is 4.74 Å². The Morgan fingerprint density at radius 1 is 1.53 bits per heavy atom. The summed E-state index contributed by atoms with van der Waals surface area (Å²) in [5.74, 6) is 1.30. The minimum absolute atomic E-state index is 0.228. The van der Waals surface area contributed by atoms with Gasteiger partial charge in [-0.2, -0.15) is 13.2 Å². The molecule has 0 saturated carbocycles. The average molecular weight is 218 g/mol. The van der Waals surface area contributed by atoms with Gasteiger partial charge in [-0.1, -0.05) is 12.2 Å². The normalized spacial score (nSPS) is 21.2. The topological polar surface area (TPSA) is 26.3 Å². The van der Waals surface area contributed by atoms with E-state index >= 15 is 0 Å². The molecule has 0 aromatic heterocycles. The Hall–Kier alpha value is -1.32. The van der Waals surface area contributed by atoms with Gasteiger partial charge in [-0.3, -0.25) is 0 Å². The molecule has 0 spiro atoms. The van der Waals surface area contributed by atoms with Crippen molar-refractivity contribution in [2.24, 2.45) is 0 Å². The molecule has 1 unspecified atom stereocenters. The molecule has 0 heterocycles. The predicted octanol–water partition coefficient (Wildman–Crippen LogP) is 2.21. The van der Waals surface area contributed by atoms with Crippen molar-refractivity contribution in [3.63, 3.8) is 0 Å². The van der Waals surface area contributed by atoms with Crippen LogP contribution >= 0.6 is 0 Å². The number of carbonyl (C=O) groups excluding carboxylic acids is 1. The zero-order chi connectivity index (χ0) is 11.5. The molecule has 5 heteroatoms. The summed E-state index contributed by atoms with van der Waals surface area (Å²) in [5, 5.41) is 0. The highest BCUT2D eigenvalue weighted by Gasteiger charge is 2.39. The molecule has 2 nitrogen and oxygen atoms in total. The zero-order valence-electron chi connectivity index (χ0n) is 7.97. The van der Waals surface area contributed by atoms with Crippen molar-refractivity contribution >= 4 is 5.94 Å². The minimum Gasteiger partial charge on any atom is -0.369 e.